The molecule has 1 aromatic heterocycles. The molecule has 0 atom stereocenters. The third-order valence-electron chi connectivity index (χ3n) is 1.36. The van der Waals surface area contributed by atoms with Crippen LogP contribution in [0.25, 0.3) is 0 Å². The summed E-state index contributed by atoms with van der Waals surface area (Å²) in [7, 11) is 1.28. The van der Waals surface area contributed by atoms with Crippen LogP contribution in [0.5, 0.6) is 0 Å². The number of esters is 1. The Morgan fingerprint density at radius 2 is 2.31 bits per heavy atom. The second-order valence-corrected chi connectivity index (χ2v) is 3.03. The summed E-state index contributed by atoms with van der Waals surface area (Å²) < 4.78 is 4.92. The van der Waals surface area contributed by atoms with Crippen LogP contribution in [0.2, 0.25) is 0 Å². The molecule has 0 aliphatic carbocycles. The molecule has 0 saturated carbocycles. The van der Waals surface area contributed by atoms with Gasteiger partial charge in [0.2, 0.25) is 0 Å². The third-order valence-corrected chi connectivity index (χ3v) is 1.76. The molecule has 1 aromatic rings. The predicted molar refractivity (Wildman–Crippen MR) is 48.7 cm³/mol. The van der Waals surface area contributed by atoms with Gasteiger partial charge in [0.25, 0.3) is 0 Å². The molecule has 4 nitrogen and oxygen atoms in total. The molecule has 0 bridgehead atoms. The largest absolute Gasteiger partial charge is 0.465 e. The monoisotopic (exact) mass is 243 g/mol. The Kier molecular flexibility index (Phi) is 3.13. The number of methoxy groups -OCH3 is 1. The van der Waals surface area contributed by atoms with Crippen LogP contribution in [0.4, 0.5) is 0 Å². The molecule has 0 radical (unpaired) electrons. The molecular weight excluding hydrogens is 238 g/mol. The lowest BCUT2D eigenvalue weighted by molar-refractivity contribution is 0.0600. The predicted octanol–water partition coefficient (Wildman–Crippen LogP) is 1.44. The van der Waals surface area contributed by atoms with E-state index in [9.17, 15) is 9.59 Å². The van der Waals surface area contributed by atoms with Gasteiger partial charge in [0.05, 0.1) is 12.7 Å². The van der Waals surface area contributed by atoms with E-state index in [1.165, 1.54) is 19.2 Å². The summed E-state index contributed by atoms with van der Waals surface area (Å²) in [4.78, 5) is 25.2. The average molecular weight is 244 g/mol. The van der Waals surface area contributed by atoms with Crippen molar-refractivity contribution in [3.8, 4) is 0 Å². The maximum atomic E-state index is 11.0. The molecule has 0 aliphatic heterocycles. The van der Waals surface area contributed by atoms with Gasteiger partial charge in [-0.15, -0.1) is 0 Å². The SMILES string of the molecule is COC(=O)c1cc(Br)nc(C=O)c1. The fourth-order valence-corrected chi connectivity index (χ4v) is 1.26. The first-order valence-corrected chi connectivity index (χ1v) is 4.17. The molecule has 1 rings (SSSR count). The standard InChI is InChI=1S/C8H6BrNO3/c1-13-8(12)5-2-6(4-11)10-7(9)3-5/h2-4H,1H3. The van der Waals surface area contributed by atoms with E-state index in [2.05, 4.69) is 25.7 Å². The van der Waals surface area contributed by atoms with Crippen molar-refractivity contribution in [2.75, 3.05) is 7.11 Å². The lowest BCUT2D eigenvalue weighted by Crippen LogP contribution is -2.03. The van der Waals surface area contributed by atoms with Gasteiger partial charge in [0.15, 0.2) is 6.29 Å². The number of hydrogen-bond acceptors (Lipinski definition) is 4. The number of ether oxygens (including phenoxy) is 1. The highest BCUT2D eigenvalue weighted by Crippen LogP contribution is 2.11. The summed E-state index contributed by atoms with van der Waals surface area (Å²) in [5.74, 6) is -0.494. The minimum atomic E-state index is -0.494. The first-order valence-electron chi connectivity index (χ1n) is 3.38. The molecule has 0 fully saturated rings. The van der Waals surface area contributed by atoms with Crippen molar-refractivity contribution in [1.29, 1.82) is 0 Å². The molecule has 0 aromatic carbocycles. The second kappa shape index (κ2) is 4.13. The molecule has 0 spiro atoms. The van der Waals surface area contributed by atoms with E-state index in [0.29, 0.717) is 16.5 Å². The highest BCUT2D eigenvalue weighted by Gasteiger charge is 2.08. The molecule has 68 valence electrons. The summed E-state index contributed by atoms with van der Waals surface area (Å²) in [5.41, 5.74) is 0.487. The van der Waals surface area contributed by atoms with E-state index in [4.69, 9.17) is 0 Å². The van der Waals surface area contributed by atoms with Gasteiger partial charge in [-0.05, 0) is 28.1 Å². The van der Waals surface area contributed by atoms with Gasteiger partial charge in [-0.1, -0.05) is 0 Å². The summed E-state index contributed by atoms with van der Waals surface area (Å²) in [5, 5.41) is 0. The van der Waals surface area contributed by atoms with Crippen LogP contribution < -0.4 is 0 Å². The lowest BCUT2D eigenvalue weighted by Gasteiger charge is -1.99. The zero-order valence-corrected chi connectivity index (χ0v) is 8.37. The van der Waals surface area contributed by atoms with Gasteiger partial charge in [0, 0.05) is 0 Å². The van der Waals surface area contributed by atoms with Crippen LogP contribution in [0.3, 0.4) is 0 Å². The molecule has 0 saturated heterocycles. The summed E-state index contributed by atoms with van der Waals surface area (Å²) in [6.45, 7) is 0. The Morgan fingerprint density at radius 1 is 1.62 bits per heavy atom. The smallest absolute Gasteiger partial charge is 0.338 e. The van der Waals surface area contributed by atoms with Gasteiger partial charge in [-0.3, -0.25) is 4.79 Å². The first kappa shape index (κ1) is 9.85. The van der Waals surface area contributed by atoms with Gasteiger partial charge in [-0.2, -0.15) is 0 Å². The topological polar surface area (TPSA) is 56.3 Å². The zero-order chi connectivity index (χ0) is 9.84. The molecule has 0 N–H and O–H groups in total. The van der Waals surface area contributed by atoms with Crippen molar-refractivity contribution >= 4 is 28.2 Å². The lowest BCUT2D eigenvalue weighted by atomic mass is 10.2. The van der Waals surface area contributed by atoms with Crippen molar-refractivity contribution < 1.29 is 14.3 Å². The number of carbonyl (C=O) groups is 2. The number of nitrogens with zero attached hydrogens (tertiary/aromatic N) is 1. The molecule has 13 heavy (non-hydrogen) atoms. The Balaban J connectivity index is 3.15. The molecule has 0 aliphatic rings. The van der Waals surface area contributed by atoms with Crippen molar-refractivity contribution in [1.82, 2.24) is 4.98 Å². The van der Waals surface area contributed by atoms with Crippen LogP contribution >= 0.6 is 15.9 Å². The van der Waals surface area contributed by atoms with Crippen molar-refractivity contribution in [3.63, 3.8) is 0 Å². The van der Waals surface area contributed by atoms with E-state index < -0.39 is 5.97 Å². The number of hydrogen-bond donors (Lipinski definition) is 0. The fourth-order valence-electron chi connectivity index (χ4n) is 0.813. The Bertz CT molecular complexity index is 351. The zero-order valence-electron chi connectivity index (χ0n) is 6.78. The highest BCUT2D eigenvalue weighted by molar-refractivity contribution is 9.10. The van der Waals surface area contributed by atoms with Crippen molar-refractivity contribution in [2.45, 2.75) is 0 Å². The van der Waals surface area contributed by atoms with Crippen LogP contribution in [-0.4, -0.2) is 24.3 Å². The van der Waals surface area contributed by atoms with Crippen LogP contribution in [0, 0.1) is 0 Å². The van der Waals surface area contributed by atoms with E-state index >= 15 is 0 Å². The molecule has 1 heterocycles. The maximum Gasteiger partial charge on any atom is 0.338 e. The summed E-state index contributed by atoms with van der Waals surface area (Å²) >= 11 is 3.07. The summed E-state index contributed by atoms with van der Waals surface area (Å²) in [6, 6.07) is 2.85. The van der Waals surface area contributed by atoms with Crippen molar-refractivity contribution in [2.24, 2.45) is 0 Å². The van der Waals surface area contributed by atoms with E-state index in [-0.39, 0.29) is 5.69 Å². The van der Waals surface area contributed by atoms with Crippen LogP contribution in [0.15, 0.2) is 16.7 Å². The Morgan fingerprint density at radius 3 is 2.85 bits per heavy atom. The van der Waals surface area contributed by atoms with Gasteiger partial charge >= 0.3 is 5.97 Å². The minimum absolute atomic E-state index is 0.190. The highest BCUT2D eigenvalue weighted by atomic mass is 79.9. The van der Waals surface area contributed by atoms with Crippen molar-refractivity contribution in [3.05, 3.63) is 28.0 Å². The molecule has 5 heteroatoms. The average Bonchev–Trinajstić information content (AvgIpc) is 2.15. The number of pyridine rings is 1. The number of halogens is 1. The first-order chi connectivity index (χ1) is 6.17. The van der Waals surface area contributed by atoms with Crippen LogP contribution in [-0.2, 0) is 4.74 Å². The van der Waals surface area contributed by atoms with Gasteiger partial charge in [0.1, 0.15) is 10.3 Å². The number of aldehydes is 1. The van der Waals surface area contributed by atoms with E-state index in [1.54, 1.807) is 0 Å². The van der Waals surface area contributed by atoms with Crippen LogP contribution in [0.1, 0.15) is 20.8 Å². The van der Waals surface area contributed by atoms with E-state index in [0.717, 1.165) is 0 Å². The van der Waals surface area contributed by atoms with E-state index in [1.807, 2.05) is 0 Å². The molecular formula is C8H6BrNO3. The number of carbonyl (C=O) groups excluding carboxylic acids is 2. The molecule has 0 unspecified atom stereocenters. The fraction of sp³-hybridized carbons (Fsp3) is 0.125. The number of rotatable bonds is 2. The Labute approximate surface area is 83.1 Å². The Hall–Kier alpha value is -1.23. The second-order valence-electron chi connectivity index (χ2n) is 2.21. The quantitative estimate of drug-likeness (QED) is 0.448. The number of aromatic nitrogens is 1. The molecule has 0 amide bonds. The summed E-state index contributed by atoms with van der Waals surface area (Å²) in [6.07, 6.45) is 0.567. The maximum absolute atomic E-state index is 11.0. The third kappa shape index (κ3) is 2.35. The van der Waals surface area contributed by atoms with Gasteiger partial charge < -0.3 is 4.74 Å². The van der Waals surface area contributed by atoms with Gasteiger partial charge in [-0.25, -0.2) is 9.78 Å². The normalized spacial score (nSPS) is 9.38. The minimum Gasteiger partial charge on any atom is -0.465 e.